The van der Waals surface area contributed by atoms with Gasteiger partial charge in [0.2, 0.25) is 11.9 Å². The lowest BCUT2D eigenvalue weighted by atomic mass is 9.86. The predicted molar refractivity (Wildman–Crippen MR) is 86.6 cm³/mol. The van der Waals surface area contributed by atoms with Crippen LogP contribution in [0.2, 0.25) is 0 Å². The number of hydrogen-bond acceptors (Lipinski definition) is 4. The first-order valence-corrected chi connectivity index (χ1v) is 8.62. The molecule has 1 aliphatic carbocycles. The van der Waals surface area contributed by atoms with Gasteiger partial charge < -0.3 is 9.80 Å². The summed E-state index contributed by atoms with van der Waals surface area (Å²) in [4.78, 5) is 25.1. The Balaban J connectivity index is 1.41. The van der Waals surface area contributed by atoms with Crippen LogP contribution in [-0.2, 0) is 4.79 Å². The minimum atomic E-state index is 0.333. The highest BCUT2D eigenvalue weighted by molar-refractivity contribution is 5.76. The number of nitrogens with zero attached hydrogens (tertiary/aromatic N) is 4. The third kappa shape index (κ3) is 3.96. The van der Waals surface area contributed by atoms with Crippen LogP contribution in [0.3, 0.4) is 0 Å². The van der Waals surface area contributed by atoms with Gasteiger partial charge in [0.15, 0.2) is 0 Å². The van der Waals surface area contributed by atoms with Crippen LogP contribution < -0.4 is 4.90 Å². The van der Waals surface area contributed by atoms with Gasteiger partial charge in [0.25, 0.3) is 0 Å². The molecule has 0 bridgehead atoms. The monoisotopic (exact) mass is 302 g/mol. The van der Waals surface area contributed by atoms with Crippen molar-refractivity contribution in [2.45, 2.75) is 44.9 Å². The Morgan fingerprint density at radius 2 is 1.73 bits per heavy atom. The molecule has 22 heavy (non-hydrogen) atoms. The summed E-state index contributed by atoms with van der Waals surface area (Å²) in [7, 11) is 0. The number of aromatic nitrogens is 2. The minimum Gasteiger partial charge on any atom is -0.339 e. The third-order valence-corrected chi connectivity index (χ3v) is 4.96. The number of anilines is 1. The second-order valence-corrected chi connectivity index (χ2v) is 6.46. The van der Waals surface area contributed by atoms with E-state index < -0.39 is 0 Å². The SMILES string of the molecule is O=C(CCC1CCCCC1)N1CCN(c2ncccn2)CC1. The van der Waals surface area contributed by atoms with E-state index in [1.165, 1.54) is 32.1 Å². The van der Waals surface area contributed by atoms with Crippen molar-refractivity contribution in [3.05, 3.63) is 18.5 Å². The van der Waals surface area contributed by atoms with Gasteiger partial charge in [-0.25, -0.2) is 9.97 Å². The predicted octanol–water partition coefficient (Wildman–Crippen LogP) is 2.49. The van der Waals surface area contributed by atoms with Crippen LogP contribution in [0, 0.1) is 5.92 Å². The molecule has 2 aliphatic rings. The molecule has 0 spiro atoms. The van der Waals surface area contributed by atoms with Gasteiger partial charge in [0.05, 0.1) is 0 Å². The smallest absolute Gasteiger partial charge is 0.225 e. The van der Waals surface area contributed by atoms with Gasteiger partial charge in [-0.3, -0.25) is 4.79 Å². The molecule has 1 saturated heterocycles. The van der Waals surface area contributed by atoms with Crippen molar-refractivity contribution in [3.63, 3.8) is 0 Å². The molecule has 0 atom stereocenters. The molecule has 1 aromatic heterocycles. The van der Waals surface area contributed by atoms with Crippen LogP contribution in [0.25, 0.3) is 0 Å². The molecule has 0 unspecified atom stereocenters. The van der Waals surface area contributed by atoms with E-state index >= 15 is 0 Å². The Labute approximate surface area is 132 Å². The molecule has 0 N–H and O–H groups in total. The standard InChI is InChI=1S/C17H26N4O/c22-16(8-7-15-5-2-1-3-6-15)20-11-13-21(14-12-20)17-18-9-4-10-19-17/h4,9-10,15H,1-3,5-8,11-14H2. The Kier molecular flexibility index (Phi) is 5.24. The number of carbonyl (C=O) groups is 1. The zero-order valence-electron chi connectivity index (χ0n) is 13.3. The van der Waals surface area contributed by atoms with E-state index in [4.69, 9.17) is 0 Å². The molecule has 2 heterocycles. The van der Waals surface area contributed by atoms with Crippen LogP contribution in [0.15, 0.2) is 18.5 Å². The molecule has 1 saturated carbocycles. The molecule has 0 radical (unpaired) electrons. The lowest BCUT2D eigenvalue weighted by molar-refractivity contribution is -0.131. The second kappa shape index (κ2) is 7.56. The largest absolute Gasteiger partial charge is 0.339 e. The highest BCUT2D eigenvalue weighted by atomic mass is 16.2. The molecule has 5 heteroatoms. The van der Waals surface area contributed by atoms with Crippen LogP contribution in [0.5, 0.6) is 0 Å². The first-order chi connectivity index (χ1) is 10.8. The average Bonchev–Trinajstić information content (AvgIpc) is 2.61. The van der Waals surface area contributed by atoms with E-state index in [1.54, 1.807) is 12.4 Å². The normalized spacial score (nSPS) is 20.2. The number of piperazine rings is 1. The van der Waals surface area contributed by atoms with E-state index in [1.807, 2.05) is 11.0 Å². The summed E-state index contributed by atoms with van der Waals surface area (Å²) >= 11 is 0. The minimum absolute atomic E-state index is 0.333. The number of amides is 1. The van der Waals surface area contributed by atoms with Crippen molar-refractivity contribution in [1.29, 1.82) is 0 Å². The topological polar surface area (TPSA) is 49.3 Å². The summed E-state index contributed by atoms with van der Waals surface area (Å²) in [6.07, 6.45) is 12.1. The zero-order chi connectivity index (χ0) is 15.2. The highest BCUT2D eigenvalue weighted by Gasteiger charge is 2.23. The summed E-state index contributed by atoms with van der Waals surface area (Å²) in [5.74, 6) is 1.90. The van der Waals surface area contributed by atoms with Crippen molar-refractivity contribution in [1.82, 2.24) is 14.9 Å². The van der Waals surface area contributed by atoms with Gasteiger partial charge in [-0.05, 0) is 18.4 Å². The summed E-state index contributed by atoms with van der Waals surface area (Å²) in [5.41, 5.74) is 0. The molecule has 3 rings (SSSR count). The van der Waals surface area contributed by atoms with E-state index in [-0.39, 0.29) is 0 Å². The molecule has 1 aliphatic heterocycles. The van der Waals surface area contributed by atoms with Crippen molar-refractivity contribution in [2.75, 3.05) is 31.1 Å². The Bertz CT molecular complexity index is 465. The van der Waals surface area contributed by atoms with E-state index in [9.17, 15) is 4.79 Å². The summed E-state index contributed by atoms with van der Waals surface area (Å²) in [6.45, 7) is 3.25. The average molecular weight is 302 g/mol. The van der Waals surface area contributed by atoms with Crippen LogP contribution in [-0.4, -0.2) is 47.0 Å². The van der Waals surface area contributed by atoms with Crippen molar-refractivity contribution in [3.8, 4) is 0 Å². The highest BCUT2D eigenvalue weighted by Crippen LogP contribution is 2.27. The molecule has 1 aromatic rings. The maximum absolute atomic E-state index is 12.4. The van der Waals surface area contributed by atoms with Gasteiger partial charge in [-0.15, -0.1) is 0 Å². The van der Waals surface area contributed by atoms with E-state index in [0.717, 1.165) is 50.9 Å². The van der Waals surface area contributed by atoms with Gasteiger partial charge >= 0.3 is 0 Å². The zero-order valence-corrected chi connectivity index (χ0v) is 13.3. The number of carbonyl (C=O) groups excluding carboxylic acids is 1. The fraction of sp³-hybridized carbons (Fsp3) is 0.706. The Morgan fingerprint density at radius 3 is 2.41 bits per heavy atom. The first kappa shape index (κ1) is 15.3. The molecule has 120 valence electrons. The molecular weight excluding hydrogens is 276 g/mol. The molecule has 2 fully saturated rings. The molecule has 0 aromatic carbocycles. The fourth-order valence-corrected chi connectivity index (χ4v) is 3.57. The molecule has 5 nitrogen and oxygen atoms in total. The van der Waals surface area contributed by atoms with Crippen LogP contribution in [0.4, 0.5) is 5.95 Å². The van der Waals surface area contributed by atoms with E-state index in [0.29, 0.717) is 5.91 Å². The van der Waals surface area contributed by atoms with Crippen LogP contribution >= 0.6 is 0 Å². The third-order valence-electron chi connectivity index (χ3n) is 4.96. The van der Waals surface area contributed by atoms with Crippen molar-refractivity contribution >= 4 is 11.9 Å². The van der Waals surface area contributed by atoms with Crippen molar-refractivity contribution in [2.24, 2.45) is 5.92 Å². The molecule has 1 amide bonds. The summed E-state index contributed by atoms with van der Waals surface area (Å²) in [6, 6.07) is 1.83. The lowest BCUT2D eigenvalue weighted by Gasteiger charge is -2.35. The van der Waals surface area contributed by atoms with Gasteiger partial charge in [-0.2, -0.15) is 0 Å². The fourth-order valence-electron chi connectivity index (χ4n) is 3.57. The summed E-state index contributed by atoms with van der Waals surface area (Å²) in [5, 5.41) is 0. The van der Waals surface area contributed by atoms with Crippen molar-refractivity contribution < 1.29 is 4.79 Å². The number of hydrogen-bond donors (Lipinski definition) is 0. The van der Waals surface area contributed by atoms with Gasteiger partial charge in [0, 0.05) is 45.0 Å². The summed E-state index contributed by atoms with van der Waals surface area (Å²) < 4.78 is 0. The van der Waals surface area contributed by atoms with Crippen LogP contribution in [0.1, 0.15) is 44.9 Å². The maximum atomic E-state index is 12.4. The Morgan fingerprint density at radius 1 is 1.05 bits per heavy atom. The van der Waals surface area contributed by atoms with Gasteiger partial charge in [0.1, 0.15) is 0 Å². The maximum Gasteiger partial charge on any atom is 0.225 e. The number of rotatable bonds is 4. The lowest BCUT2D eigenvalue weighted by Crippen LogP contribution is -2.49. The molecular formula is C17H26N4O. The first-order valence-electron chi connectivity index (χ1n) is 8.62. The second-order valence-electron chi connectivity index (χ2n) is 6.46. The quantitative estimate of drug-likeness (QED) is 0.857. The van der Waals surface area contributed by atoms with Gasteiger partial charge in [-0.1, -0.05) is 32.1 Å². The van der Waals surface area contributed by atoms with E-state index in [2.05, 4.69) is 14.9 Å². The Hall–Kier alpha value is -1.65.